The van der Waals surface area contributed by atoms with E-state index in [4.69, 9.17) is 16.0 Å². The molecule has 0 aliphatic rings. The lowest BCUT2D eigenvalue weighted by molar-refractivity contribution is 0.0763. The highest BCUT2D eigenvalue weighted by atomic mass is 35.5. The Morgan fingerprint density at radius 1 is 1.35 bits per heavy atom. The average Bonchev–Trinajstić information content (AvgIpc) is 2.95. The summed E-state index contributed by atoms with van der Waals surface area (Å²) >= 11 is 5.92. The number of carbonyl (C=O) groups excluding carboxylic acids is 1. The van der Waals surface area contributed by atoms with Gasteiger partial charge in [0.25, 0.3) is 5.91 Å². The molecule has 0 aliphatic carbocycles. The molecule has 106 valence electrons. The molecule has 1 unspecified atom stereocenters. The number of pyridine rings is 1. The molecule has 5 heteroatoms. The van der Waals surface area contributed by atoms with Crippen molar-refractivity contribution >= 4 is 17.5 Å². The summed E-state index contributed by atoms with van der Waals surface area (Å²) in [6, 6.07) is 7.29. The molecule has 0 saturated carbocycles. The zero-order valence-electron chi connectivity index (χ0n) is 11.5. The van der Waals surface area contributed by atoms with Crippen molar-refractivity contribution in [3.8, 4) is 0 Å². The van der Waals surface area contributed by atoms with Gasteiger partial charge in [-0.15, -0.1) is 11.6 Å². The summed E-state index contributed by atoms with van der Waals surface area (Å²) in [7, 11) is 1.76. The first-order chi connectivity index (χ1) is 9.58. The SMILES string of the molecule is CC(Cl)c1ccc(C(=O)N(C)CCc2ccncc2)o1. The lowest BCUT2D eigenvalue weighted by Crippen LogP contribution is -2.28. The fourth-order valence-corrected chi connectivity index (χ4v) is 1.93. The van der Waals surface area contributed by atoms with Crippen molar-refractivity contribution in [2.45, 2.75) is 18.7 Å². The van der Waals surface area contributed by atoms with Gasteiger partial charge in [-0.1, -0.05) is 0 Å². The Bertz CT molecular complexity index is 566. The van der Waals surface area contributed by atoms with E-state index in [1.807, 2.05) is 19.1 Å². The summed E-state index contributed by atoms with van der Waals surface area (Å²) in [6.07, 6.45) is 4.28. The van der Waals surface area contributed by atoms with Gasteiger partial charge in [0.15, 0.2) is 5.76 Å². The van der Waals surface area contributed by atoms with E-state index in [9.17, 15) is 4.79 Å². The minimum atomic E-state index is -0.237. The zero-order valence-corrected chi connectivity index (χ0v) is 12.3. The Balaban J connectivity index is 1.94. The number of aromatic nitrogens is 1. The number of alkyl halides is 1. The molecule has 2 heterocycles. The zero-order chi connectivity index (χ0) is 14.5. The molecular weight excluding hydrogens is 276 g/mol. The minimum absolute atomic E-state index is 0.136. The number of hydrogen-bond donors (Lipinski definition) is 0. The monoisotopic (exact) mass is 292 g/mol. The predicted molar refractivity (Wildman–Crippen MR) is 77.9 cm³/mol. The molecule has 0 aromatic carbocycles. The maximum atomic E-state index is 12.2. The third kappa shape index (κ3) is 3.61. The van der Waals surface area contributed by atoms with Gasteiger partial charge in [-0.2, -0.15) is 0 Å². The van der Waals surface area contributed by atoms with Crippen LogP contribution in [0.5, 0.6) is 0 Å². The first-order valence-electron chi connectivity index (χ1n) is 6.46. The fraction of sp³-hybridized carbons (Fsp3) is 0.333. The van der Waals surface area contributed by atoms with Crippen LogP contribution in [0.2, 0.25) is 0 Å². The Morgan fingerprint density at radius 3 is 2.65 bits per heavy atom. The van der Waals surface area contributed by atoms with Crippen LogP contribution in [-0.2, 0) is 6.42 Å². The highest BCUT2D eigenvalue weighted by molar-refractivity contribution is 6.20. The second kappa shape index (κ2) is 6.57. The van der Waals surface area contributed by atoms with Crippen LogP contribution in [0, 0.1) is 0 Å². The van der Waals surface area contributed by atoms with Crippen LogP contribution >= 0.6 is 11.6 Å². The third-order valence-electron chi connectivity index (χ3n) is 3.06. The van der Waals surface area contributed by atoms with Gasteiger partial charge < -0.3 is 9.32 Å². The maximum Gasteiger partial charge on any atom is 0.289 e. The summed E-state index contributed by atoms with van der Waals surface area (Å²) < 4.78 is 5.45. The predicted octanol–water partition coefficient (Wildman–Crippen LogP) is 3.29. The molecule has 2 aromatic rings. The molecule has 4 nitrogen and oxygen atoms in total. The van der Waals surface area contributed by atoms with E-state index < -0.39 is 0 Å². The number of rotatable bonds is 5. The van der Waals surface area contributed by atoms with Gasteiger partial charge in [-0.05, 0) is 43.2 Å². The third-order valence-corrected chi connectivity index (χ3v) is 3.28. The summed E-state index contributed by atoms with van der Waals surface area (Å²) in [5.41, 5.74) is 1.15. The number of amides is 1. The van der Waals surface area contributed by atoms with Gasteiger partial charge in [-0.3, -0.25) is 9.78 Å². The summed E-state index contributed by atoms with van der Waals surface area (Å²) in [5.74, 6) is 0.796. The van der Waals surface area contributed by atoms with E-state index in [-0.39, 0.29) is 11.3 Å². The van der Waals surface area contributed by atoms with E-state index in [0.29, 0.717) is 18.1 Å². The Hall–Kier alpha value is -1.81. The average molecular weight is 293 g/mol. The molecule has 1 atom stereocenters. The van der Waals surface area contributed by atoms with Gasteiger partial charge >= 0.3 is 0 Å². The number of carbonyl (C=O) groups is 1. The molecule has 0 fully saturated rings. The maximum absolute atomic E-state index is 12.2. The molecule has 0 radical (unpaired) electrons. The molecule has 0 saturated heterocycles. The quantitative estimate of drug-likeness (QED) is 0.795. The van der Waals surface area contributed by atoms with E-state index >= 15 is 0 Å². The lowest BCUT2D eigenvalue weighted by Gasteiger charge is -2.15. The van der Waals surface area contributed by atoms with Gasteiger partial charge in [0.05, 0.1) is 5.38 Å². The summed E-state index contributed by atoms with van der Waals surface area (Å²) in [4.78, 5) is 17.8. The van der Waals surface area contributed by atoms with Crippen molar-refractivity contribution in [1.29, 1.82) is 0 Å². The van der Waals surface area contributed by atoms with Crippen LogP contribution < -0.4 is 0 Å². The lowest BCUT2D eigenvalue weighted by atomic mass is 10.2. The van der Waals surface area contributed by atoms with Crippen LogP contribution in [0.15, 0.2) is 41.1 Å². The molecule has 0 aliphatic heterocycles. The molecule has 20 heavy (non-hydrogen) atoms. The molecule has 2 aromatic heterocycles. The van der Waals surface area contributed by atoms with Crippen molar-refractivity contribution < 1.29 is 9.21 Å². The van der Waals surface area contributed by atoms with E-state index in [2.05, 4.69) is 4.98 Å². The summed E-state index contributed by atoms with van der Waals surface area (Å²) in [5, 5.41) is -0.237. The first kappa shape index (κ1) is 14.6. The van der Waals surface area contributed by atoms with Crippen LogP contribution in [0.3, 0.4) is 0 Å². The molecule has 2 rings (SSSR count). The van der Waals surface area contributed by atoms with Crippen molar-refractivity contribution in [2.24, 2.45) is 0 Å². The van der Waals surface area contributed by atoms with Crippen LogP contribution in [0.4, 0.5) is 0 Å². The first-order valence-corrected chi connectivity index (χ1v) is 6.89. The number of likely N-dealkylation sites (N-methyl/N-ethyl adjacent to an activating group) is 1. The van der Waals surface area contributed by atoms with E-state index in [0.717, 1.165) is 12.0 Å². The highest BCUT2D eigenvalue weighted by Gasteiger charge is 2.17. The molecule has 0 spiro atoms. The fourth-order valence-electron chi connectivity index (χ4n) is 1.82. The topological polar surface area (TPSA) is 46.3 Å². The largest absolute Gasteiger partial charge is 0.454 e. The Labute approximate surface area is 123 Å². The standard InChI is InChI=1S/C15H17ClN2O2/c1-11(16)13-3-4-14(20-13)15(19)18(2)10-7-12-5-8-17-9-6-12/h3-6,8-9,11H,7,10H2,1-2H3. The van der Waals surface area contributed by atoms with Gasteiger partial charge in [0.1, 0.15) is 5.76 Å². The van der Waals surface area contributed by atoms with Crippen LogP contribution in [0.1, 0.15) is 34.2 Å². The van der Waals surface area contributed by atoms with Crippen LogP contribution in [0.25, 0.3) is 0 Å². The molecule has 0 bridgehead atoms. The number of halogens is 1. The van der Waals surface area contributed by atoms with Crippen molar-refractivity contribution in [2.75, 3.05) is 13.6 Å². The van der Waals surface area contributed by atoms with E-state index in [1.54, 1.807) is 36.5 Å². The second-order valence-corrected chi connectivity index (χ2v) is 5.30. The second-order valence-electron chi connectivity index (χ2n) is 4.65. The minimum Gasteiger partial charge on any atom is -0.454 e. The van der Waals surface area contributed by atoms with E-state index in [1.165, 1.54) is 0 Å². The van der Waals surface area contributed by atoms with Crippen molar-refractivity contribution in [3.05, 3.63) is 53.7 Å². The molecule has 1 amide bonds. The highest BCUT2D eigenvalue weighted by Crippen LogP contribution is 2.22. The number of nitrogens with zero attached hydrogens (tertiary/aromatic N) is 2. The summed E-state index contributed by atoms with van der Waals surface area (Å²) in [6.45, 7) is 2.43. The number of hydrogen-bond acceptors (Lipinski definition) is 3. The molecular formula is C15H17ClN2O2. The van der Waals surface area contributed by atoms with Gasteiger partial charge in [0, 0.05) is 26.0 Å². The smallest absolute Gasteiger partial charge is 0.289 e. The van der Waals surface area contributed by atoms with Crippen molar-refractivity contribution in [3.63, 3.8) is 0 Å². The normalized spacial score (nSPS) is 12.2. The Kier molecular flexibility index (Phi) is 4.79. The molecule has 0 N–H and O–H groups in total. The number of furan rings is 1. The van der Waals surface area contributed by atoms with Crippen LogP contribution in [-0.4, -0.2) is 29.4 Å². The Morgan fingerprint density at radius 2 is 2.05 bits per heavy atom. The van der Waals surface area contributed by atoms with Crippen molar-refractivity contribution in [1.82, 2.24) is 9.88 Å². The van der Waals surface area contributed by atoms with Gasteiger partial charge in [-0.25, -0.2) is 0 Å². The van der Waals surface area contributed by atoms with Gasteiger partial charge in [0.2, 0.25) is 0 Å².